The predicted octanol–water partition coefficient (Wildman–Crippen LogP) is 2.21. The lowest BCUT2D eigenvalue weighted by atomic mass is 10.2. The zero-order valence-electron chi connectivity index (χ0n) is 11.1. The monoisotopic (exact) mass is 281 g/mol. The highest BCUT2D eigenvalue weighted by Gasteiger charge is 2.13. The molecule has 0 radical (unpaired) electrons. The second-order valence-electron chi connectivity index (χ2n) is 4.28. The number of pyridine rings is 1. The van der Waals surface area contributed by atoms with Gasteiger partial charge in [-0.2, -0.15) is 5.26 Å². The number of nitrogens with one attached hydrogen (secondary N) is 1. The van der Waals surface area contributed by atoms with Crippen LogP contribution in [0.5, 0.6) is 0 Å². The predicted molar refractivity (Wildman–Crippen MR) is 75.0 cm³/mol. The van der Waals surface area contributed by atoms with Crippen molar-refractivity contribution in [3.05, 3.63) is 58.9 Å². The summed E-state index contributed by atoms with van der Waals surface area (Å²) in [6.07, 6.45) is 0. The molecule has 6 nitrogen and oxygen atoms in total. The van der Waals surface area contributed by atoms with Gasteiger partial charge in [-0.3, -0.25) is 4.79 Å². The second kappa shape index (κ2) is 5.84. The normalized spacial score (nSPS) is 9.71. The van der Waals surface area contributed by atoms with Crippen LogP contribution in [0.15, 0.2) is 36.4 Å². The smallest absolute Gasteiger partial charge is 0.337 e. The fourth-order valence-electron chi connectivity index (χ4n) is 1.74. The van der Waals surface area contributed by atoms with Crippen LogP contribution in [0.3, 0.4) is 0 Å². The number of carboxylic acids is 1. The number of rotatable bonds is 3. The molecule has 21 heavy (non-hydrogen) atoms. The summed E-state index contributed by atoms with van der Waals surface area (Å²) in [5, 5.41) is 20.2. The Morgan fingerprint density at radius 2 is 1.86 bits per heavy atom. The molecular formula is C15H11N3O3. The first-order chi connectivity index (χ1) is 10.0. The van der Waals surface area contributed by atoms with Crippen LogP contribution in [0.1, 0.15) is 32.1 Å². The molecule has 1 heterocycles. The average Bonchev–Trinajstić information content (AvgIpc) is 2.47. The van der Waals surface area contributed by atoms with Crippen LogP contribution in [-0.2, 0) is 0 Å². The van der Waals surface area contributed by atoms with E-state index in [2.05, 4.69) is 10.3 Å². The SMILES string of the molecule is Cc1nc(C(=O)Nc2ccc(C#N)cc2)ccc1C(=O)O. The van der Waals surface area contributed by atoms with Crippen LogP contribution in [0.2, 0.25) is 0 Å². The highest BCUT2D eigenvalue weighted by atomic mass is 16.4. The van der Waals surface area contributed by atoms with Crippen molar-refractivity contribution in [2.45, 2.75) is 6.92 Å². The topological polar surface area (TPSA) is 103 Å². The van der Waals surface area contributed by atoms with E-state index in [-0.39, 0.29) is 17.0 Å². The van der Waals surface area contributed by atoms with Crippen molar-refractivity contribution in [1.29, 1.82) is 5.26 Å². The van der Waals surface area contributed by atoms with Crippen molar-refractivity contribution < 1.29 is 14.7 Å². The van der Waals surface area contributed by atoms with E-state index in [4.69, 9.17) is 10.4 Å². The van der Waals surface area contributed by atoms with Gasteiger partial charge in [0.05, 0.1) is 22.9 Å². The summed E-state index contributed by atoms with van der Waals surface area (Å²) >= 11 is 0. The van der Waals surface area contributed by atoms with Crippen molar-refractivity contribution >= 4 is 17.6 Å². The molecule has 0 aliphatic rings. The molecule has 0 saturated carbocycles. The number of benzene rings is 1. The first kappa shape index (κ1) is 14.2. The van der Waals surface area contributed by atoms with E-state index >= 15 is 0 Å². The molecule has 0 unspecified atom stereocenters. The number of hydrogen-bond donors (Lipinski definition) is 2. The Balaban J connectivity index is 2.18. The van der Waals surface area contributed by atoms with Crippen molar-refractivity contribution in [3.8, 4) is 6.07 Å². The van der Waals surface area contributed by atoms with E-state index in [1.807, 2.05) is 6.07 Å². The summed E-state index contributed by atoms with van der Waals surface area (Å²) in [5.74, 6) is -1.53. The van der Waals surface area contributed by atoms with E-state index in [0.717, 1.165) is 0 Å². The Hall–Kier alpha value is -3.20. The zero-order chi connectivity index (χ0) is 15.4. The van der Waals surface area contributed by atoms with Gasteiger partial charge in [0.1, 0.15) is 5.69 Å². The molecular weight excluding hydrogens is 270 g/mol. The third-order valence-electron chi connectivity index (χ3n) is 2.82. The molecule has 0 aliphatic heterocycles. The number of nitrogens with zero attached hydrogens (tertiary/aromatic N) is 2. The molecule has 104 valence electrons. The van der Waals surface area contributed by atoms with Crippen molar-refractivity contribution in [2.75, 3.05) is 5.32 Å². The first-order valence-electron chi connectivity index (χ1n) is 6.03. The van der Waals surface area contributed by atoms with Gasteiger partial charge in [0.15, 0.2) is 0 Å². The van der Waals surface area contributed by atoms with Gasteiger partial charge >= 0.3 is 5.97 Å². The molecule has 1 aromatic heterocycles. The molecule has 0 spiro atoms. The summed E-state index contributed by atoms with van der Waals surface area (Å²) in [7, 11) is 0. The van der Waals surface area contributed by atoms with Gasteiger partial charge in [0.2, 0.25) is 0 Å². The molecule has 6 heteroatoms. The third kappa shape index (κ3) is 3.22. The molecule has 2 rings (SSSR count). The van der Waals surface area contributed by atoms with Crippen molar-refractivity contribution in [2.24, 2.45) is 0 Å². The van der Waals surface area contributed by atoms with Gasteiger partial charge in [0.25, 0.3) is 5.91 Å². The van der Waals surface area contributed by atoms with E-state index in [1.54, 1.807) is 24.3 Å². The lowest BCUT2D eigenvalue weighted by Crippen LogP contribution is -2.15. The molecule has 2 aromatic rings. The van der Waals surface area contributed by atoms with E-state index in [0.29, 0.717) is 11.3 Å². The number of carboxylic acid groups (broad SMARTS) is 1. The van der Waals surface area contributed by atoms with Gasteiger partial charge in [-0.1, -0.05) is 0 Å². The van der Waals surface area contributed by atoms with Crippen LogP contribution in [0.4, 0.5) is 5.69 Å². The minimum Gasteiger partial charge on any atom is -0.478 e. The van der Waals surface area contributed by atoms with Crippen LogP contribution >= 0.6 is 0 Å². The second-order valence-corrected chi connectivity index (χ2v) is 4.28. The molecule has 1 aromatic carbocycles. The van der Waals surface area contributed by atoms with Gasteiger partial charge in [-0.05, 0) is 43.3 Å². The Bertz CT molecular complexity index is 746. The van der Waals surface area contributed by atoms with Crippen LogP contribution in [-0.4, -0.2) is 22.0 Å². The standard InChI is InChI=1S/C15H11N3O3/c1-9-12(15(20)21)6-7-13(17-9)14(19)18-11-4-2-10(8-16)3-5-11/h2-7H,1H3,(H,18,19)(H,20,21). The molecule has 1 amide bonds. The van der Waals surface area contributed by atoms with E-state index in [1.165, 1.54) is 19.1 Å². The largest absolute Gasteiger partial charge is 0.478 e. The number of aromatic carboxylic acids is 1. The Morgan fingerprint density at radius 1 is 1.19 bits per heavy atom. The first-order valence-corrected chi connectivity index (χ1v) is 6.03. The fraction of sp³-hybridized carbons (Fsp3) is 0.0667. The zero-order valence-corrected chi connectivity index (χ0v) is 11.1. The lowest BCUT2D eigenvalue weighted by molar-refractivity contribution is 0.0695. The van der Waals surface area contributed by atoms with Crippen LogP contribution in [0, 0.1) is 18.3 Å². The highest BCUT2D eigenvalue weighted by molar-refractivity contribution is 6.03. The number of hydrogen-bond acceptors (Lipinski definition) is 4. The molecule has 0 saturated heterocycles. The summed E-state index contributed by atoms with van der Waals surface area (Å²) in [6, 6.07) is 11.1. The molecule has 0 bridgehead atoms. The van der Waals surface area contributed by atoms with Crippen LogP contribution < -0.4 is 5.32 Å². The summed E-state index contributed by atoms with van der Waals surface area (Å²) in [5.41, 5.74) is 1.48. The summed E-state index contributed by atoms with van der Waals surface area (Å²) < 4.78 is 0. The number of amides is 1. The highest BCUT2D eigenvalue weighted by Crippen LogP contribution is 2.12. The van der Waals surface area contributed by atoms with E-state index in [9.17, 15) is 9.59 Å². The molecule has 0 fully saturated rings. The maximum atomic E-state index is 12.0. The number of carbonyl (C=O) groups is 2. The number of nitriles is 1. The summed E-state index contributed by atoms with van der Waals surface area (Å²) in [4.78, 5) is 26.9. The van der Waals surface area contributed by atoms with E-state index < -0.39 is 11.9 Å². The van der Waals surface area contributed by atoms with Crippen LogP contribution in [0.25, 0.3) is 0 Å². The quantitative estimate of drug-likeness (QED) is 0.897. The average molecular weight is 281 g/mol. The fourth-order valence-corrected chi connectivity index (χ4v) is 1.74. The maximum Gasteiger partial charge on any atom is 0.337 e. The Morgan fingerprint density at radius 3 is 2.38 bits per heavy atom. The molecule has 2 N–H and O–H groups in total. The van der Waals surface area contributed by atoms with Gasteiger partial charge in [-0.25, -0.2) is 9.78 Å². The Kier molecular flexibility index (Phi) is 3.95. The minimum atomic E-state index is -1.08. The van der Waals surface area contributed by atoms with Crippen molar-refractivity contribution in [1.82, 2.24) is 4.98 Å². The van der Waals surface area contributed by atoms with Crippen molar-refractivity contribution in [3.63, 3.8) is 0 Å². The minimum absolute atomic E-state index is 0.0601. The van der Waals surface area contributed by atoms with Gasteiger partial charge in [0, 0.05) is 5.69 Å². The number of carbonyl (C=O) groups excluding carboxylic acids is 1. The third-order valence-corrected chi connectivity index (χ3v) is 2.82. The van der Waals surface area contributed by atoms with Gasteiger partial charge in [-0.15, -0.1) is 0 Å². The Labute approximate surface area is 120 Å². The number of aromatic nitrogens is 1. The summed E-state index contributed by atoms with van der Waals surface area (Å²) in [6.45, 7) is 1.53. The number of aryl methyl sites for hydroxylation is 1. The molecule has 0 atom stereocenters. The maximum absolute atomic E-state index is 12.0. The number of anilines is 1. The lowest BCUT2D eigenvalue weighted by Gasteiger charge is -2.06. The van der Waals surface area contributed by atoms with Gasteiger partial charge < -0.3 is 10.4 Å². The molecule has 0 aliphatic carbocycles.